The monoisotopic (exact) mass is 447 g/mol. The quantitative estimate of drug-likeness (QED) is 0.431. The molecule has 0 atom stereocenters. The molecule has 0 radical (unpaired) electrons. The van der Waals surface area contributed by atoms with Crippen molar-refractivity contribution in [3.63, 3.8) is 0 Å². The fraction of sp³-hybridized carbons (Fsp3) is 0.333. The SMILES string of the molecule is CCOC(=O)CCc1ccc(N(C)Cc2ccc3c(n2)N(c2ccccc2)CCC3)cc1F. The molecule has 172 valence electrons. The van der Waals surface area contributed by atoms with E-state index in [0.717, 1.165) is 42.3 Å². The van der Waals surface area contributed by atoms with E-state index in [1.165, 1.54) is 11.6 Å². The predicted octanol–water partition coefficient (Wildman–Crippen LogP) is 5.44. The Kier molecular flexibility index (Phi) is 7.23. The van der Waals surface area contributed by atoms with Gasteiger partial charge in [0, 0.05) is 31.4 Å². The van der Waals surface area contributed by atoms with Gasteiger partial charge in [-0.15, -0.1) is 0 Å². The molecule has 5 nitrogen and oxygen atoms in total. The molecule has 4 rings (SSSR count). The first-order valence-electron chi connectivity index (χ1n) is 11.5. The molecule has 0 saturated heterocycles. The van der Waals surface area contributed by atoms with Crippen LogP contribution in [0.15, 0.2) is 60.7 Å². The van der Waals surface area contributed by atoms with Gasteiger partial charge in [0.25, 0.3) is 0 Å². The molecule has 0 N–H and O–H groups in total. The zero-order valence-corrected chi connectivity index (χ0v) is 19.3. The average Bonchev–Trinajstić information content (AvgIpc) is 2.83. The maximum Gasteiger partial charge on any atom is 0.306 e. The molecule has 0 amide bonds. The number of esters is 1. The number of benzene rings is 2. The number of aryl methyl sites for hydroxylation is 2. The van der Waals surface area contributed by atoms with E-state index in [1.54, 1.807) is 13.0 Å². The summed E-state index contributed by atoms with van der Waals surface area (Å²) in [6.45, 7) is 3.61. The molecule has 0 unspecified atom stereocenters. The minimum Gasteiger partial charge on any atom is -0.466 e. The van der Waals surface area contributed by atoms with Gasteiger partial charge in [-0.25, -0.2) is 9.37 Å². The zero-order valence-electron chi connectivity index (χ0n) is 19.3. The number of halogens is 1. The highest BCUT2D eigenvalue weighted by Gasteiger charge is 2.20. The second-order valence-corrected chi connectivity index (χ2v) is 8.31. The minimum absolute atomic E-state index is 0.177. The number of anilines is 3. The molecule has 0 bridgehead atoms. The summed E-state index contributed by atoms with van der Waals surface area (Å²) in [6, 6.07) is 19.7. The molecule has 0 fully saturated rings. The molecule has 3 aromatic rings. The fourth-order valence-electron chi connectivity index (χ4n) is 4.21. The third kappa shape index (κ3) is 5.51. The summed E-state index contributed by atoms with van der Waals surface area (Å²) >= 11 is 0. The molecule has 0 aliphatic carbocycles. The Hall–Kier alpha value is -3.41. The van der Waals surface area contributed by atoms with Gasteiger partial charge in [-0.1, -0.05) is 30.3 Å². The van der Waals surface area contributed by atoms with E-state index in [4.69, 9.17) is 9.72 Å². The number of para-hydroxylation sites is 1. The number of carbonyl (C=O) groups excluding carboxylic acids is 1. The van der Waals surface area contributed by atoms with Crippen molar-refractivity contribution in [3.05, 3.63) is 83.3 Å². The number of carbonyl (C=O) groups is 1. The molecular formula is C27H30FN3O2. The summed E-state index contributed by atoms with van der Waals surface area (Å²) in [5, 5.41) is 0. The lowest BCUT2D eigenvalue weighted by Gasteiger charge is -2.31. The van der Waals surface area contributed by atoms with E-state index in [0.29, 0.717) is 25.1 Å². The molecule has 0 spiro atoms. The van der Waals surface area contributed by atoms with Crippen LogP contribution in [0.4, 0.5) is 21.6 Å². The number of ether oxygens (including phenoxy) is 1. The Morgan fingerprint density at radius 3 is 2.73 bits per heavy atom. The van der Waals surface area contributed by atoms with Gasteiger partial charge in [0.2, 0.25) is 0 Å². The Morgan fingerprint density at radius 1 is 1.15 bits per heavy atom. The van der Waals surface area contributed by atoms with Crippen molar-refractivity contribution in [2.45, 2.75) is 39.2 Å². The van der Waals surface area contributed by atoms with Gasteiger partial charge in [0.1, 0.15) is 11.6 Å². The molecule has 1 aliphatic rings. The molecular weight excluding hydrogens is 417 g/mol. The molecule has 2 heterocycles. The lowest BCUT2D eigenvalue weighted by atomic mass is 10.0. The number of aromatic nitrogens is 1. The Balaban J connectivity index is 1.47. The Labute approximate surface area is 194 Å². The highest BCUT2D eigenvalue weighted by molar-refractivity contribution is 5.69. The third-order valence-electron chi connectivity index (χ3n) is 5.95. The van der Waals surface area contributed by atoms with Crippen molar-refractivity contribution in [3.8, 4) is 0 Å². The second-order valence-electron chi connectivity index (χ2n) is 8.31. The van der Waals surface area contributed by atoms with Gasteiger partial charge in [-0.05, 0) is 67.6 Å². The Bertz CT molecular complexity index is 1100. The smallest absolute Gasteiger partial charge is 0.306 e. The van der Waals surface area contributed by atoms with Crippen molar-refractivity contribution in [2.24, 2.45) is 0 Å². The van der Waals surface area contributed by atoms with E-state index in [2.05, 4.69) is 29.2 Å². The van der Waals surface area contributed by atoms with Crippen molar-refractivity contribution in [1.82, 2.24) is 4.98 Å². The van der Waals surface area contributed by atoms with Crippen molar-refractivity contribution in [1.29, 1.82) is 0 Å². The van der Waals surface area contributed by atoms with Crippen molar-refractivity contribution < 1.29 is 13.9 Å². The normalized spacial score (nSPS) is 12.9. The molecule has 33 heavy (non-hydrogen) atoms. The lowest BCUT2D eigenvalue weighted by Crippen LogP contribution is -2.26. The fourth-order valence-corrected chi connectivity index (χ4v) is 4.21. The molecule has 1 aromatic heterocycles. The van der Waals surface area contributed by atoms with Crippen LogP contribution in [-0.4, -0.2) is 31.2 Å². The van der Waals surface area contributed by atoms with Crippen LogP contribution in [0.5, 0.6) is 0 Å². The molecule has 6 heteroatoms. The van der Waals surface area contributed by atoms with E-state index in [9.17, 15) is 9.18 Å². The first-order chi connectivity index (χ1) is 16.0. The number of hydrogen-bond acceptors (Lipinski definition) is 5. The average molecular weight is 448 g/mol. The van der Waals surface area contributed by atoms with Gasteiger partial charge in [0.05, 0.1) is 18.8 Å². The predicted molar refractivity (Wildman–Crippen MR) is 129 cm³/mol. The summed E-state index contributed by atoms with van der Waals surface area (Å²) in [7, 11) is 1.93. The van der Waals surface area contributed by atoms with Crippen molar-refractivity contribution >= 4 is 23.2 Å². The summed E-state index contributed by atoms with van der Waals surface area (Å²) in [5.74, 6) is 0.400. The number of nitrogens with zero attached hydrogens (tertiary/aromatic N) is 3. The van der Waals surface area contributed by atoms with Crippen LogP contribution in [-0.2, 0) is 28.9 Å². The first kappa shape index (κ1) is 22.8. The minimum atomic E-state index is -0.308. The standard InChI is InChI=1S/C27H30FN3O2/c1-3-33-26(32)16-13-20-12-15-24(18-25(20)28)30(2)19-22-14-11-21-8-7-17-31(27(21)29-22)23-9-5-4-6-10-23/h4-6,9-12,14-15,18H,3,7-8,13,16-17,19H2,1-2H3. The topological polar surface area (TPSA) is 45.7 Å². The van der Waals surface area contributed by atoms with Gasteiger partial charge in [-0.3, -0.25) is 4.79 Å². The zero-order chi connectivity index (χ0) is 23.2. The summed E-state index contributed by atoms with van der Waals surface area (Å²) in [6.07, 6.45) is 2.64. The van der Waals surface area contributed by atoms with Gasteiger partial charge in [0.15, 0.2) is 0 Å². The largest absolute Gasteiger partial charge is 0.466 e. The highest BCUT2D eigenvalue weighted by Crippen LogP contribution is 2.32. The number of pyridine rings is 1. The highest BCUT2D eigenvalue weighted by atomic mass is 19.1. The van der Waals surface area contributed by atoms with Crippen molar-refractivity contribution in [2.75, 3.05) is 30.0 Å². The van der Waals surface area contributed by atoms with Crippen LogP contribution >= 0.6 is 0 Å². The Morgan fingerprint density at radius 2 is 1.97 bits per heavy atom. The lowest BCUT2D eigenvalue weighted by molar-refractivity contribution is -0.143. The number of hydrogen-bond donors (Lipinski definition) is 0. The third-order valence-corrected chi connectivity index (χ3v) is 5.95. The van der Waals surface area contributed by atoms with Crippen LogP contribution in [0.2, 0.25) is 0 Å². The van der Waals surface area contributed by atoms with E-state index in [-0.39, 0.29) is 18.2 Å². The maximum atomic E-state index is 14.6. The molecule has 0 saturated carbocycles. The van der Waals surface area contributed by atoms with E-state index >= 15 is 0 Å². The second kappa shape index (κ2) is 10.5. The van der Waals surface area contributed by atoms with E-state index in [1.807, 2.05) is 36.2 Å². The van der Waals surface area contributed by atoms with Crippen LogP contribution < -0.4 is 9.80 Å². The van der Waals surface area contributed by atoms with Gasteiger partial charge in [-0.2, -0.15) is 0 Å². The number of rotatable bonds is 8. The number of fused-ring (bicyclic) bond motifs is 1. The maximum absolute atomic E-state index is 14.6. The van der Waals surface area contributed by atoms with Crippen LogP contribution in [0, 0.1) is 5.82 Å². The van der Waals surface area contributed by atoms with Crippen LogP contribution in [0.3, 0.4) is 0 Å². The first-order valence-corrected chi connectivity index (χ1v) is 11.5. The van der Waals surface area contributed by atoms with Gasteiger partial charge >= 0.3 is 5.97 Å². The summed E-state index contributed by atoms with van der Waals surface area (Å²) in [5.41, 5.74) is 4.63. The molecule has 1 aliphatic heterocycles. The summed E-state index contributed by atoms with van der Waals surface area (Å²) < 4.78 is 19.6. The van der Waals surface area contributed by atoms with Gasteiger partial charge < -0.3 is 14.5 Å². The van der Waals surface area contributed by atoms with Crippen LogP contribution in [0.1, 0.15) is 36.6 Å². The van der Waals surface area contributed by atoms with Crippen LogP contribution in [0.25, 0.3) is 0 Å². The molecule has 2 aromatic carbocycles. The summed E-state index contributed by atoms with van der Waals surface area (Å²) in [4.78, 5) is 20.8. The van der Waals surface area contributed by atoms with E-state index < -0.39 is 0 Å².